The summed E-state index contributed by atoms with van der Waals surface area (Å²) in [5.41, 5.74) is 4.30. The molecule has 2 atom stereocenters. The van der Waals surface area contributed by atoms with Crippen molar-refractivity contribution in [3.63, 3.8) is 0 Å². The predicted octanol–water partition coefficient (Wildman–Crippen LogP) is 2.14. The van der Waals surface area contributed by atoms with Gasteiger partial charge in [0.1, 0.15) is 0 Å². The van der Waals surface area contributed by atoms with Crippen LogP contribution in [0.25, 0.3) is 10.9 Å². The van der Waals surface area contributed by atoms with E-state index in [4.69, 9.17) is 0 Å². The van der Waals surface area contributed by atoms with Crippen LogP contribution in [0.2, 0.25) is 0 Å². The van der Waals surface area contributed by atoms with Crippen molar-refractivity contribution in [2.24, 2.45) is 18.9 Å². The van der Waals surface area contributed by atoms with E-state index in [-0.39, 0.29) is 0 Å². The van der Waals surface area contributed by atoms with Gasteiger partial charge in [-0.25, -0.2) is 0 Å². The molecule has 2 aliphatic heterocycles. The fraction of sp³-hybridized carbons (Fsp3) is 0.529. The number of aromatic nitrogens is 1. The number of fused-ring (bicyclic) bond motifs is 2. The molecule has 1 N–H and O–H groups in total. The molecule has 3 heteroatoms. The van der Waals surface area contributed by atoms with Crippen molar-refractivity contribution >= 4 is 10.9 Å². The number of aryl methyl sites for hydroxylation is 2. The van der Waals surface area contributed by atoms with Crippen LogP contribution in [-0.2, 0) is 13.6 Å². The maximum Gasteiger partial charge on any atom is 0.0483 e. The molecule has 20 heavy (non-hydrogen) atoms. The van der Waals surface area contributed by atoms with Gasteiger partial charge in [-0.15, -0.1) is 0 Å². The normalized spacial score (nSPS) is 26.5. The molecule has 0 bridgehead atoms. The second-order valence-corrected chi connectivity index (χ2v) is 6.52. The molecule has 1 aromatic carbocycles. The fourth-order valence-corrected chi connectivity index (χ4v) is 4.15. The number of hydrogen-bond donors (Lipinski definition) is 1. The Hall–Kier alpha value is -1.32. The lowest BCUT2D eigenvalue weighted by molar-refractivity contribution is 0.298. The zero-order valence-electron chi connectivity index (χ0n) is 12.4. The minimum atomic E-state index is 0.880. The molecule has 1 aromatic heterocycles. The van der Waals surface area contributed by atoms with Gasteiger partial charge in [-0.05, 0) is 43.5 Å². The molecule has 3 heterocycles. The quantitative estimate of drug-likeness (QED) is 0.901. The summed E-state index contributed by atoms with van der Waals surface area (Å²) in [7, 11) is 2.21. The Labute approximate surface area is 120 Å². The molecule has 0 saturated carbocycles. The molecule has 2 fully saturated rings. The molecule has 0 aliphatic carbocycles. The van der Waals surface area contributed by atoms with Crippen molar-refractivity contribution in [1.29, 1.82) is 0 Å². The van der Waals surface area contributed by atoms with Gasteiger partial charge in [0.15, 0.2) is 0 Å². The molecule has 4 rings (SSSR count). The van der Waals surface area contributed by atoms with E-state index in [1.54, 1.807) is 0 Å². The molecule has 2 aromatic rings. The van der Waals surface area contributed by atoms with Crippen molar-refractivity contribution in [2.45, 2.75) is 13.5 Å². The lowest BCUT2D eigenvalue weighted by Gasteiger charge is -2.18. The minimum Gasteiger partial charge on any atom is -0.346 e. The molecule has 106 valence electrons. The van der Waals surface area contributed by atoms with Crippen LogP contribution in [-0.4, -0.2) is 35.6 Å². The molecule has 0 radical (unpaired) electrons. The topological polar surface area (TPSA) is 20.2 Å². The first kappa shape index (κ1) is 12.4. The Morgan fingerprint density at radius 3 is 2.55 bits per heavy atom. The first-order valence-corrected chi connectivity index (χ1v) is 7.70. The molecule has 2 aliphatic rings. The number of likely N-dealkylation sites (tertiary alicyclic amines) is 1. The summed E-state index contributed by atoms with van der Waals surface area (Å²) in [5.74, 6) is 1.76. The Kier molecular flexibility index (Phi) is 2.86. The third-order valence-electron chi connectivity index (χ3n) is 5.35. The highest BCUT2D eigenvalue weighted by Gasteiger charge is 2.36. The number of benzene rings is 1. The molecule has 3 nitrogen and oxygen atoms in total. The van der Waals surface area contributed by atoms with Crippen LogP contribution in [0.4, 0.5) is 0 Å². The van der Waals surface area contributed by atoms with Gasteiger partial charge in [0.05, 0.1) is 0 Å². The van der Waals surface area contributed by atoms with E-state index in [1.807, 2.05) is 0 Å². The van der Waals surface area contributed by atoms with Crippen molar-refractivity contribution in [3.05, 3.63) is 35.5 Å². The lowest BCUT2D eigenvalue weighted by Crippen LogP contribution is -2.26. The van der Waals surface area contributed by atoms with E-state index >= 15 is 0 Å². The van der Waals surface area contributed by atoms with Crippen LogP contribution >= 0.6 is 0 Å². The van der Waals surface area contributed by atoms with Crippen LogP contribution in [0, 0.1) is 18.8 Å². The van der Waals surface area contributed by atoms with Gasteiger partial charge in [0.25, 0.3) is 0 Å². The van der Waals surface area contributed by atoms with E-state index in [0.717, 1.165) is 18.4 Å². The Morgan fingerprint density at radius 2 is 1.85 bits per heavy atom. The highest BCUT2D eigenvalue weighted by Crippen LogP contribution is 2.30. The highest BCUT2D eigenvalue weighted by molar-refractivity contribution is 5.85. The fourth-order valence-electron chi connectivity index (χ4n) is 4.15. The van der Waals surface area contributed by atoms with Gasteiger partial charge in [-0.2, -0.15) is 0 Å². The smallest absolute Gasteiger partial charge is 0.0483 e. The van der Waals surface area contributed by atoms with Crippen LogP contribution in [0.1, 0.15) is 11.3 Å². The summed E-state index contributed by atoms with van der Waals surface area (Å²) < 4.78 is 2.39. The van der Waals surface area contributed by atoms with Gasteiger partial charge in [0, 0.05) is 43.3 Å². The summed E-state index contributed by atoms with van der Waals surface area (Å²) in [6.45, 7) is 8.34. The van der Waals surface area contributed by atoms with Gasteiger partial charge in [0.2, 0.25) is 0 Å². The average molecular weight is 269 g/mol. The maximum absolute atomic E-state index is 3.52. The minimum absolute atomic E-state index is 0.880. The number of para-hydroxylation sites is 1. The first-order valence-electron chi connectivity index (χ1n) is 7.70. The summed E-state index contributed by atoms with van der Waals surface area (Å²) in [4.78, 5) is 2.65. The van der Waals surface area contributed by atoms with Crippen molar-refractivity contribution in [1.82, 2.24) is 14.8 Å². The molecule has 2 unspecified atom stereocenters. The highest BCUT2D eigenvalue weighted by atomic mass is 15.2. The Balaban J connectivity index is 1.63. The first-order chi connectivity index (χ1) is 9.74. The Morgan fingerprint density at radius 1 is 1.15 bits per heavy atom. The standard InChI is InChI=1S/C17H23N3/c1-12-15-5-3-4-6-16(15)19(2)17(12)11-20-9-13-7-18-8-14(13)10-20/h3-6,13-14,18H,7-11H2,1-2H3. The van der Waals surface area contributed by atoms with Crippen molar-refractivity contribution < 1.29 is 0 Å². The largest absolute Gasteiger partial charge is 0.346 e. The second-order valence-electron chi connectivity index (χ2n) is 6.52. The van der Waals surface area contributed by atoms with E-state index in [0.29, 0.717) is 0 Å². The molecule has 0 spiro atoms. The summed E-state index contributed by atoms with van der Waals surface area (Å²) in [6, 6.07) is 8.76. The SMILES string of the molecule is Cc1c(CN2CC3CNCC3C2)n(C)c2ccccc12. The van der Waals surface area contributed by atoms with Gasteiger partial charge >= 0.3 is 0 Å². The van der Waals surface area contributed by atoms with Crippen molar-refractivity contribution in [2.75, 3.05) is 26.2 Å². The van der Waals surface area contributed by atoms with Crippen LogP contribution < -0.4 is 5.32 Å². The van der Waals surface area contributed by atoms with Gasteiger partial charge < -0.3 is 9.88 Å². The Bertz CT molecular complexity index is 592. The lowest BCUT2D eigenvalue weighted by atomic mass is 10.0. The van der Waals surface area contributed by atoms with Crippen LogP contribution in [0.5, 0.6) is 0 Å². The number of nitrogens with one attached hydrogen (secondary N) is 1. The van der Waals surface area contributed by atoms with E-state index in [1.165, 1.54) is 48.3 Å². The third kappa shape index (κ3) is 1.80. The van der Waals surface area contributed by atoms with Gasteiger partial charge in [-0.3, -0.25) is 4.90 Å². The van der Waals surface area contributed by atoms with Crippen LogP contribution in [0.15, 0.2) is 24.3 Å². The maximum atomic E-state index is 3.52. The second kappa shape index (κ2) is 4.61. The molecular formula is C17H23N3. The summed E-state index contributed by atoms with van der Waals surface area (Å²) in [5, 5.41) is 4.93. The number of rotatable bonds is 2. The average Bonchev–Trinajstić information content (AvgIpc) is 3.09. The third-order valence-corrected chi connectivity index (χ3v) is 5.35. The number of hydrogen-bond acceptors (Lipinski definition) is 2. The summed E-state index contributed by atoms with van der Waals surface area (Å²) >= 11 is 0. The monoisotopic (exact) mass is 269 g/mol. The van der Waals surface area contributed by atoms with Crippen molar-refractivity contribution in [3.8, 4) is 0 Å². The molecule has 0 amide bonds. The van der Waals surface area contributed by atoms with Crippen LogP contribution in [0.3, 0.4) is 0 Å². The van der Waals surface area contributed by atoms with E-state index < -0.39 is 0 Å². The zero-order chi connectivity index (χ0) is 13.7. The predicted molar refractivity (Wildman–Crippen MR) is 82.8 cm³/mol. The molecular weight excluding hydrogens is 246 g/mol. The van der Waals surface area contributed by atoms with E-state index in [2.05, 4.69) is 53.0 Å². The molecule has 2 saturated heterocycles. The van der Waals surface area contributed by atoms with Gasteiger partial charge in [-0.1, -0.05) is 18.2 Å². The zero-order valence-corrected chi connectivity index (χ0v) is 12.4. The summed E-state index contributed by atoms with van der Waals surface area (Å²) in [6.07, 6.45) is 0. The van der Waals surface area contributed by atoms with E-state index in [9.17, 15) is 0 Å². The number of nitrogens with zero attached hydrogens (tertiary/aromatic N) is 2.